The molecule has 5 nitrogen and oxygen atoms in total. The number of aromatic hydroxyl groups is 1. The Morgan fingerprint density at radius 2 is 2.17 bits per heavy atom. The van der Waals surface area contributed by atoms with Gasteiger partial charge in [-0.05, 0) is 24.3 Å². The molecule has 1 aromatic carbocycles. The third-order valence-corrected chi connectivity index (χ3v) is 3.40. The maximum atomic E-state index is 10.6. The van der Waals surface area contributed by atoms with Crippen LogP contribution in [0.25, 0.3) is 6.08 Å². The van der Waals surface area contributed by atoms with Crippen molar-refractivity contribution in [2.75, 3.05) is 12.3 Å². The topological polar surface area (TPSA) is 77.6 Å². The number of hydrogen-bond acceptors (Lipinski definition) is 3. The quantitative estimate of drug-likeness (QED) is 0.642. The van der Waals surface area contributed by atoms with E-state index in [0.29, 0.717) is 6.54 Å². The molecule has 96 valence electrons. The van der Waals surface area contributed by atoms with Crippen LogP contribution in [0.3, 0.4) is 0 Å². The van der Waals surface area contributed by atoms with Crippen molar-refractivity contribution in [3.63, 3.8) is 0 Å². The van der Waals surface area contributed by atoms with Crippen molar-refractivity contribution in [2.24, 2.45) is 0 Å². The van der Waals surface area contributed by atoms with Crippen LogP contribution >= 0.6 is 0 Å². The van der Waals surface area contributed by atoms with Gasteiger partial charge in [0.25, 0.3) is 10.1 Å². The van der Waals surface area contributed by atoms with E-state index in [1.54, 1.807) is 24.4 Å². The van der Waals surface area contributed by atoms with Gasteiger partial charge in [-0.15, -0.1) is 0 Å². The summed E-state index contributed by atoms with van der Waals surface area (Å²) in [5.74, 6) is -0.140. The van der Waals surface area contributed by atoms with Crippen molar-refractivity contribution >= 4 is 28.1 Å². The summed E-state index contributed by atoms with van der Waals surface area (Å²) in [4.78, 5) is 0. The molecule has 1 aromatic rings. The average Bonchev–Trinajstić information content (AvgIpc) is 2.28. The lowest BCUT2D eigenvalue weighted by Gasteiger charge is -2.09. The first-order chi connectivity index (χ1) is 8.46. The van der Waals surface area contributed by atoms with Gasteiger partial charge in [0.15, 0.2) is 6.54 Å². The Morgan fingerprint density at radius 1 is 1.39 bits per heavy atom. The number of fused-ring (bicyclic) bond motifs is 1. The van der Waals surface area contributed by atoms with Crippen LogP contribution in [0.5, 0.6) is 5.75 Å². The fourth-order valence-corrected chi connectivity index (χ4v) is 2.25. The van der Waals surface area contributed by atoms with Crippen LogP contribution in [0.2, 0.25) is 0 Å². The summed E-state index contributed by atoms with van der Waals surface area (Å²) in [7, 11) is -3.94. The lowest BCUT2D eigenvalue weighted by Crippen LogP contribution is -2.14. The summed E-state index contributed by atoms with van der Waals surface area (Å²) < 4.78 is 31.8. The minimum atomic E-state index is -3.94. The number of phenolic OH excluding ortho intramolecular Hbond substituents is 1. The second kappa shape index (κ2) is 4.91. The molecule has 18 heavy (non-hydrogen) atoms. The van der Waals surface area contributed by atoms with Crippen LogP contribution in [-0.4, -0.2) is 41.2 Å². The summed E-state index contributed by atoms with van der Waals surface area (Å²) in [5.41, 5.74) is 1.79. The highest BCUT2D eigenvalue weighted by atomic mass is 32.2. The van der Waals surface area contributed by atoms with Crippen LogP contribution in [0.15, 0.2) is 24.3 Å². The molecule has 0 atom stereocenters. The summed E-state index contributed by atoms with van der Waals surface area (Å²) in [6, 6.07) is 5.03. The van der Waals surface area contributed by atoms with Gasteiger partial charge in [0.2, 0.25) is 5.69 Å². The van der Waals surface area contributed by atoms with E-state index in [-0.39, 0.29) is 17.9 Å². The monoisotopic (exact) mass is 268 g/mol. The molecule has 0 radical (unpaired) electrons. The van der Waals surface area contributed by atoms with Crippen molar-refractivity contribution in [3.8, 4) is 5.75 Å². The van der Waals surface area contributed by atoms with Crippen LogP contribution in [-0.2, 0) is 10.1 Å². The molecule has 0 bridgehead atoms. The Hall–Kier alpha value is -1.66. The van der Waals surface area contributed by atoms with Gasteiger partial charge in [0.1, 0.15) is 12.0 Å². The molecule has 6 heteroatoms. The zero-order chi connectivity index (χ0) is 13.2. The average molecular weight is 268 g/mol. The van der Waals surface area contributed by atoms with Crippen molar-refractivity contribution in [3.05, 3.63) is 29.8 Å². The highest BCUT2D eigenvalue weighted by Crippen LogP contribution is 2.27. The summed E-state index contributed by atoms with van der Waals surface area (Å²) in [6.07, 6.45) is 5.82. The Labute approximate surface area is 105 Å². The Bertz CT molecular complexity index is 617. The molecule has 1 heterocycles. The smallest absolute Gasteiger partial charge is 0.265 e. The maximum Gasteiger partial charge on any atom is 0.265 e. The van der Waals surface area contributed by atoms with Crippen molar-refractivity contribution < 1.29 is 22.7 Å². The largest absolute Gasteiger partial charge is 0.508 e. The minimum absolute atomic E-state index is 0.164. The number of phenols is 1. The van der Waals surface area contributed by atoms with Gasteiger partial charge < -0.3 is 5.11 Å². The van der Waals surface area contributed by atoms with Gasteiger partial charge in [-0.25, -0.2) is 0 Å². The zero-order valence-electron chi connectivity index (χ0n) is 9.65. The SMILES string of the molecule is O=S(=O)(O)CCC=[N+]1CC=Cc2ccc(O)cc21. The van der Waals surface area contributed by atoms with E-state index in [1.165, 1.54) is 0 Å². The van der Waals surface area contributed by atoms with E-state index in [1.807, 2.05) is 16.7 Å². The first-order valence-corrected chi connectivity index (χ1v) is 7.11. The van der Waals surface area contributed by atoms with Crippen molar-refractivity contribution in [2.45, 2.75) is 6.42 Å². The molecule has 0 saturated heterocycles. The second-order valence-corrected chi connectivity index (χ2v) is 5.63. The fourth-order valence-electron chi connectivity index (χ4n) is 1.84. The molecule has 0 amide bonds. The van der Waals surface area contributed by atoms with E-state index >= 15 is 0 Å². The van der Waals surface area contributed by atoms with E-state index in [4.69, 9.17) is 4.55 Å². The van der Waals surface area contributed by atoms with Crippen molar-refractivity contribution in [1.82, 2.24) is 0 Å². The molecule has 0 spiro atoms. The predicted molar refractivity (Wildman–Crippen MR) is 69.0 cm³/mol. The Morgan fingerprint density at radius 3 is 2.89 bits per heavy atom. The van der Waals surface area contributed by atoms with Gasteiger partial charge in [0.05, 0.1) is 11.8 Å². The van der Waals surface area contributed by atoms with Gasteiger partial charge in [-0.1, -0.05) is 0 Å². The molecule has 2 rings (SSSR count). The minimum Gasteiger partial charge on any atom is -0.508 e. The zero-order valence-corrected chi connectivity index (χ0v) is 10.5. The Balaban J connectivity index is 2.24. The first kappa shape index (κ1) is 12.8. The first-order valence-electron chi connectivity index (χ1n) is 5.50. The highest BCUT2D eigenvalue weighted by Gasteiger charge is 2.17. The van der Waals surface area contributed by atoms with Crippen LogP contribution < -0.4 is 0 Å². The summed E-state index contributed by atoms with van der Waals surface area (Å²) in [5, 5.41) is 9.46. The van der Waals surface area contributed by atoms with Gasteiger partial charge >= 0.3 is 0 Å². The third-order valence-electron chi connectivity index (χ3n) is 2.65. The molecule has 1 aliphatic rings. The van der Waals surface area contributed by atoms with Gasteiger partial charge in [0, 0.05) is 12.0 Å². The maximum absolute atomic E-state index is 10.6. The predicted octanol–water partition coefficient (Wildman–Crippen LogP) is 1.41. The van der Waals surface area contributed by atoms with Gasteiger partial charge in [-0.3, -0.25) is 4.55 Å². The van der Waals surface area contributed by atoms with Crippen LogP contribution in [0.1, 0.15) is 12.0 Å². The normalized spacial score (nSPS) is 16.8. The number of rotatable bonds is 3. The van der Waals surface area contributed by atoms with Crippen molar-refractivity contribution in [1.29, 1.82) is 0 Å². The second-order valence-electron chi connectivity index (χ2n) is 4.06. The van der Waals surface area contributed by atoms with E-state index in [2.05, 4.69) is 0 Å². The standard InChI is InChI=1S/C12H13NO4S/c14-11-5-4-10-3-1-6-13(12(10)9-11)7-2-8-18(15,16)17/h1,3-5,7,9H,2,6,8H2,(H-,14,15,16,17)/p+1. The van der Waals surface area contributed by atoms with Gasteiger partial charge in [-0.2, -0.15) is 13.0 Å². The van der Waals surface area contributed by atoms with E-state index in [0.717, 1.165) is 11.3 Å². The number of benzene rings is 1. The Kier molecular flexibility index (Phi) is 3.49. The van der Waals surface area contributed by atoms with E-state index in [9.17, 15) is 13.5 Å². The lowest BCUT2D eigenvalue weighted by molar-refractivity contribution is -0.425. The highest BCUT2D eigenvalue weighted by molar-refractivity contribution is 7.85. The van der Waals surface area contributed by atoms with E-state index < -0.39 is 10.1 Å². The molecule has 1 aliphatic heterocycles. The molecule has 0 fully saturated rings. The lowest BCUT2D eigenvalue weighted by atomic mass is 10.1. The summed E-state index contributed by atoms with van der Waals surface area (Å²) in [6.45, 7) is 0.613. The molecule has 0 aliphatic carbocycles. The fraction of sp³-hybridized carbons (Fsp3) is 0.250. The third kappa shape index (κ3) is 3.18. The molecule has 0 aromatic heterocycles. The molecule has 0 saturated carbocycles. The number of nitrogens with zero attached hydrogens (tertiary/aromatic N) is 1. The molecular weight excluding hydrogens is 254 g/mol. The molecular formula is C12H14NO4S+. The number of hydrogen-bond donors (Lipinski definition) is 2. The molecule has 0 unspecified atom stereocenters. The van der Waals surface area contributed by atoms with Crippen LogP contribution in [0, 0.1) is 0 Å². The van der Waals surface area contributed by atoms with Crippen LogP contribution in [0.4, 0.5) is 5.69 Å². The molecule has 2 N–H and O–H groups in total. The summed E-state index contributed by atoms with van der Waals surface area (Å²) >= 11 is 0.